The molecule has 6 heteroatoms. The van der Waals surface area contributed by atoms with Gasteiger partial charge < -0.3 is 9.47 Å². The second-order valence-corrected chi connectivity index (χ2v) is 7.00. The SMILES string of the molecule is O=C1CC2(CC(=O)O1)CC1C(=O)OC(=O)C1C(c1ccccc1)C2. The second-order valence-electron chi connectivity index (χ2n) is 7.00. The predicted octanol–water partition coefficient (Wildman–Crippen LogP) is 1.73. The number of hydrogen-bond acceptors (Lipinski definition) is 6. The molecule has 1 aromatic rings. The first-order chi connectivity index (χ1) is 11.5. The molecule has 1 aromatic carbocycles. The predicted molar refractivity (Wildman–Crippen MR) is 79.3 cm³/mol. The number of ether oxygens (including phenoxy) is 2. The van der Waals surface area contributed by atoms with Crippen molar-refractivity contribution in [2.24, 2.45) is 17.3 Å². The summed E-state index contributed by atoms with van der Waals surface area (Å²) in [5.74, 6) is -3.56. The van der Waals surface area contributed by atoms with Crippen LogP contribution in [0.4, 0.5) is 0 Å². The summed E-state index contributed by atoms with van der Waals surface area (Å²) in [6.07, 6.45) is 0.980. The van der Waals surface area contributed by atoms with Crippen molar-refractivity contribution in [3.05, 3.63) is 35.9 Å². The fourth-order valence-corrected chi connectivity index (χ4v) is 4.54. The standard InChI is InChI=1S/C18H16O6/c19-13-8-18(9-14(20)23-13)6-11(10-4-2-1-3-5-10)15-12(7-18)16(21)24-17(15)22/h1-5,11-12,15H,6-9H2. The second kappa shape index (κ2) is 5.26. The summed E-state index contributed by atoms with van der Waals surface area (Å²) in [6.45, 7) is 0. The molecule has 2 saturated heterocycles. The number of hydrogen-bond donors (Lipinski definition) is 0. The van der Waals surface area contributed by atoms with Gasteiger partial charge in [0.2, 0.25) is 0 Å². The van der Waals surface area contributed by atoms with Crippen LogP contribution in [-0.2, 0) is 28.7 Å². The van der Waals surface area contributed by atoms with Crippen molar-refractivity contribution in [1.82, 2.24) is 0 Å². The van der Waals surface area contributed by atoms with Gasteiger partial charge in [-0.2, -0.15) is 0 Å². The Morgan fingerprint density at radius 2 is 1.42 bits per heavy atom. The van der Waals surface area contributed by atoms with E-state index in [4.69, 9.17) is 4.74 Å². The number of benzene rings is 1. The van der Waals surface area contributed by atoms with Gasteiger partial charge in [0.1, 0.15) is 0 Å². The molecule has 3 fully saturated rings. The maximum absolute atomic E-state index is 12.2. The van der Waals surface area contributed by atoms with E-state index >= 15 is 0 Å². The van der Waals surface area contributed by atoms with Crippen LogP contribution in [0.3, 0.4) is 0 Å². The first kappa shape index (κ1) is 15.1. The lowest BCUT2D eigenvalue weighted by Gasteiger charge is -2.45. The van der Waals surface area contributed by atoms with Crippen molar-refractivity contribution >= 4 is 23.9 Å². The van der Waals surface area contributed by atoms with Crippen molar-refractivity contribution in [3.8, 4) is 0 Å². The summed E-state index contributed by atoms with van der Waals surface area (Å²) in [5, 5.41) is 0. The van der Waals surface area contributed by atoms with Crippen molar-refractivity contribution in [1.29, 1.82) is 0 Å². The third-order valence-electron chi connectivity index (χ3n) is 5.44. The van der Waals surface area contributed by atoms with Crippen LogP contribution < -0.4 is 0 Å². The molecule has 2 aliphatic heterocycles. The molecule has 1 saturated carbocycles. The molecule has 0 aromatic heterocycles. The molecule has 4 rings (SSSR count). The van der Waals surface area contributed by atoms with E-state index in [1.807, 2.05) is 30.3 Å². The number of carbonyl (C=O) groups excluding carboxylic acids is 4. The third-order valence-corrected chi connectivity index (χ3v) is 5.44. The van der Waals surface area contributed by atoms with E-state index in [1.54, 1.807) is 0 Å². The summed E-state index contributed by atoms with van der Waals surface area (Å²) in [4.78, 5) is 47.9. The monoisotopic (exact) mass is 328 g/mol. The summed E-state index contributed by atoms with van der Waals surface area (Å²) in [5.41, 5.74) is 0.280. The Labute approximate surface area is 138 Å². The molecule has 24 heavy (non-hydrogen) atoms. The Morgan fingerprint density at radius 3 is 2.08 bits per heavy atom. The van der Waals surface area contributed by atoms with Gasteiger partial charge in [0.15, 0.2) is 0 Å². The molecule has 0 bridgehead atoms. The largest absolute Gasteiger partial charge is 0.393 e. The van der Waals surface area contributed by atoms with Gasteiger partial charge in [-0.25, -0.2) is 0 Å². The Hall–Kier alpha value is -2.50. The van der Waals surface area contributed by atoms with E-state index in [2.05, 4.69) is 4.74 Å². The van der Waals surface area contributed by atoms with Crippen LogP contribution in [0.5, 0.6) is 0 Å². The van der Waals surface area contributed by atoms with Crippen molar-refractivity contribution < 1.29 is 28.7 Å². The molecule has 0 amide bonds. The Kier molecular flexibility index (Phi) is 3.30. The molecule has 6 nitrogen and oxygen atoms in total. The number of fused-ring (bicyclic) bond motifs is 1. The van der Waals surface area contributed by atoms with Crippen LogP contribution in [0.15, 0.2) is 30.3 Å². The smallest absolute Gasteiger partial charge is 0.318 e. The Bertz CT molecular complexity index is 721. The minimum atomic E-state index is -0.641. The molecular weight excluding hydrogens is 312 g/mol. The topological polar surface area (TPSA) is 86.7 Å². The molecule has 3 unspecified atom stereocenters. The van der Waals surface area contributed by atoms with Crippen molar-refractivity contribution in [2.45, 2.75) is 31.6 Å². The van der Waals surface area contributed by atoms with Gasteiger partial charge in [-0.05, 0) is 29.7 Å². The summed E-state index contributed by atoms with van der Waals surface area (Å²) >= 11 is 0. The molecule has 1 aliphatic carbocycles. The summed E-state index contributed by atoms with van der Waals surface area (Å²) in [6, 6.07) is 9.42. The molecule has 2 heterocycles. The van der Waals surface area contributed by atoms with E-state index < -0.39 is 41.1 Å². The first-order valence-corrected chi connectivity index (χ1v) is 8.01. The molecular formula is C18H16O6. The van der Waals surface area contributed by atoms with E-state index in [0.29, 0.717) is 12.8 Å². The highest BCUT2D eigenvalue weighted by molar-refractivity contribution is 5.97. The highest BCUT2D eigenvalue weighted by atomic mass is 16.6. The molecule has 1 spiro atoms. The number of carbonyl (C=O) groups is 4. The van der Waals surface area contributed by atoms with Crippen LogP contribution >= 0.6 is 0 Å². The maximum atomic E-state index is 12.2. The first-order valence-electron chi connectivity index (χ1n) is 8.01. The van der Waals surface area contributed by atoms with Gasteiger partial charge >= 0.3 is 23.9 Å². The lowest BCUT2D eigenvalue weighted by Crippen LogP contribution is -2.45. The minimum Gasteiger partial charge on any atom is -0.393 e. The third kappa shape index (κ3) is 2.33. The normalized spacial score (nSPS) is 31.6. The lowest BCUT2D eigenvalue weighted by atomic mass is 9.57. The summed E-state index contributed by atoms with van der Waals surface area (Å²) < 4.78 is 9.52. The molecule has 0 radical (unpaired) electrons. The highest BCUT2D eigenvalue weighted by Gasteiger charge is 2.58. The van der Waals surface area contributed by atoms with Gasteiger partial charge in [-0.15, -0.1) is 0 Å². The van der Waals surface area contributed by atoms with E-state index in [9.17, 15) is 19.2 Å². The Balaban J connectivity index is 1.76. The van der Waals surface area contributed by atoms with Crippen molar-refractivity contribution in [3.63, 3.8) is 0 Å². The van der Waals surface area contributed by atoms with Gasteiger partial charge in [0, 0.05) is 0 Å². The molecule has 0 N–H and O–H groups in total. The number of cyclic esters (lactones) is 4. The maximum Gasteiger partial charge on any atom is 0.318 e. The number of esters is 4. The van der Waals surface area contributed by atoms with Crippen LogP contribution in [0.25, 0.3) is 0 Å². The van der Waals surface area contributed by atoms with Crippen LogP contribution in [-0.4, -0.2) is 23.9 Å². The zero-order chi connectivity index (χ0) is 16.9. The fraction of sp³-hybridized carbons (Fsp3) is 0.444. The fourth-order valence-electron chi connectivity index (χ4n) is 4.54. The summed E-state index contributed by atoms with van der Waals surface area (Å²) in [7, 11) is 0. The average Bonchev–Trinajstić information content (AvgIpc) is 2.80. The lowest BCUT2D eigenvalue weighted by molar-refractivity contribution is -0.172. The zero-order valence-electron chi connectivity index (χ0n) is 12.9. The van der Waals surface area contributed by atoms with Crippen LogP contribution in [0.1, 0.15) is 37.2 Å². The molecule has 124 valence electrons. The van der Waals surface area contributed by atoms with Gasteiger partial charge in [0.25, 0.3) is 0 Å². The van der Waals surface area contributed by atoms with Gasteiger partial charge in [0.05, 0.1) is 24.7 Å². The van der Waals surface area contributed by atoms with E-state index in [-0.39, 0.29) is 18.8 Å². The van der Waals surface area contributed by atoms with Gasteiger partial charge in [-0.1, -0.05) is 30.3 Å². The van der Waals surface area contributed by atoms with Crippen molar-refractivity contribution in [2.75, 3.05) is 0 Å². The van der Waals surface area contributed by atoms with Crippen LogP contribution in [0.2, 0.25) is 0 Å². The minimum absolute atomic E-state index is 0.0900. The highest BCUT2D eigenvalue weighted by Crippen LogP contribution is 2.56. The van der Waals surface area contributed by atoms with Gasteiger partial charge in [-0.3, -0.25) is 19.2 Å². The van der Waals surface area contributed by atoms with E-state index in [0.717, 1.165) is 5.56 Å². The average molecular weight is 328 g/mol. The number of rotatable bonds is 1. The quantitative estimate of drug-likeness (QED) is 0.576. The molecule has 3 aliphatic rings. The Morgan fingerprint density at radius 1 is 0.792 bits per heavy atom. The van der Waals surface area contributed by atoms with Crippen LogP contribution in [0, 0.1) is 17.3 Å². The zero-order valence-corrected chi connectivity index (χ0v) is 12.9. The van der Waals surface area contributed by atoms with E-state index in [1.165, 1.54) is 0 Å². The molecule has 3 atom stereocenters.